The highest BCUT2D eigenvalue weighted by Crippen LogP contribution is 2.22. The summed E-state index contributed by atoms with van der Waals surface area (Å²) in [7, 11) is 0. The standard InChI is InChI=1S/C10H13Cl2N3/c11-6-8-2-1-5-15(7-8)10-4-3-9(12)13-14-10/h3-4,8H,1-2,5-7H2/t8-/m1/s1. The first-order chi connectivity index (χ1) is 7.29. The van der Waals surface area contributed by atoms with Crippen molar-refractivity contribution in [3.05, 3.63) is 17.3 Å². The van der Waals surface area contributed by atoms with E-state index < -0.39 is 0 Å². The lowest BCUT2D eigenvalue weighted by Crippen LogP contribution is -2.36. The minimum atomic E-state index is 0.435. The second kappa shape index (κ2) is 4.99. The number of alkyl halides is 1. The molecule has 1 fully saturated rings. The van der Waals surface area contributed by atoms with E-state index in [0.717, 1.165) is 24.8 Å². The topological polar surface area (TPSA) is 29.0 Å². The molecule has 1 aliphatic rings. The third kappa shape index (κ3) is 2.73. The summed E-state index contributed by atoms with van der Waals surface area (Å²) in [5, 5.41) is 8.35. The van der Waals surface area contributed by atoms with Crippen molar-refractivity contribution in [2.75, 3.05) is 23.9 Å². The van der Waals surface area contributed by atoms with E-state index in [1.807, 2.05) is 6.07 Å². The predicted octanol–water partition coefficient (Wildman–Crippen LogP) is 2.59. The van der Waals surface area contributed by atoms with Crippen LogP contribution in [0.25, 0.3) is 0 Å². The van der Waals surface area contributed by atoms with Crippen LogP contribution >= 0.6 is 23.2 Å². The van der Waals surface area contributed by atoms with Crippen LogP contribution < -0.4 is 4.90 Å². The monoisotopic (exact) mass is 245 g/mol. The highest BCUT2D eigenvalue weighted by atomic mass is 35.5. The molecule has 15 heavy (non-hydrogen) atoms. The summed E-state index contributed by atoms with van der Waals surface area (Å²) in [4.78, 5) is 2.22. The molecule has 2 heterocycles. The maximum absolute atomic E-state index is 5.87. The first-order valence-corrected chi connectivity index (χ1v) is 6.01. The van der Waals surface area contributed by atoms with Gasteiger partial charge in [0.25, 0.3) is 0 Å². The molecule has 5 heteroatoms. The SMILES string of the molecule is ClC[C@H]1CCCN(c2ccc(Cl)nn2)C1. The van der Waals surface area contributed by atoms with Crippen molar-refractivity contribution in [3.63, 3.8) is 0 Å². The van der Waals surface area contributed by atoms with Gasteiger partial charge in [0.15, 0.2) is 11.0 Å². The van der Waals surface area contributed by atoms with Crippen LogP contribution in [0.1, 0.15) is 12.8 Å². The zero-order valence-corrected chi connectivity index (χ0v) is 9.88. The molecular weight excluding hydrogens is 233 g/mol. The van der Waals surface area contributed by atoms with Crippen molar-refractivity contribution >= 4 is 29.0 Å². The van der Waals surface area contributed by atoms with Crippen LogP contribution in [0.15, 0.2) is 12.1 Å². The molecule has 0 amide bonds. The molecule has 1 atom stereocenters. The summed E-state index contributed by atoms with van der Waals surface area (Å²) >= 11 is 11.6. The van der Waals surface area contributed by atoms with E-state index in [1.165, 1.54) is 12.8 Å². The summed E-state index contributed by atoms with van der Waals surface area (Å²) in [6, 6.07) is 3.68. The normalized spacial score (nSPS) is 21.7. The lowest BCUT2D eigenvalue weighted by Gasteiger charge is -2.32. The number of halogens is 2. The van der Waals surface area contributed by atoms with Gasteiger partial charge in [0.05, 0.1) is 0 Å². The van der Waals surface area contributed by atoms with Crippen molar-refractivity contribution in [2.24, 2.45) is 5.92 Å². The average molecular weight is 246 g/mol. The van der Waals surface area contributed by atoms with Crippen molar-refractivity contribution in [1.82, 2.24) is 10.2 Å². The average Bonchev–Trinajstić information content (AvgIpc) is 2.30. The van der Waals surface area contributed by atoms with E-state index in [0.29, 0.717) is 11.1 Å². The smallest absolute Gasteiger partial charge is 0.151 e. The molecule has 0 N–H and O–H groups in total. The van der Waals surface area contributed by atoms with Gasteiger partial charge in [-0.15, -0.1) is 21.8 Å². The molecule has 2 rings (SSSR count). The quantitative estimate of drug-likeness (QED) is 0.751. The van der Waals surface area contributed by atoms with Gasteiger partial charge in [-0.05, 0) is 30.9 Å². The molecule has 3 nitrogen and oxygen atoms in total. The summed E-state index contributed by atoms with van der Waals surface area (Å²) in [6.45, 7) is 2.00. The van der Waals surface area contributed by atoms with Crippen LogP contribution in [0.2, 0.25) is 5.15 Å². The largest absolute Gasteiger partial charge is 0.355 e. The molecule has 82 valence electrons. The number of hydrogen-bond acceptors (Lipinski definition) is 3. The summed E-state index contributed by atoms with van der Waals surface area (Å²) in [6.07, 6.45) is 2.38. The van der Waals surface area contributed by atoms with Gasteiger partial charge in [0.1, 0.15) is 0 Å². The molecule has 0 spiro atoms. The van der Waals surface area contributed by atoms with Crippen molar-refractivity contribution < 1.29 is 0 Å². The molecule has 0 bridgehead atoms. The minimum absolute atomic E-state index is 0.435. The number of nitrogens with zero attached hydrogens (tertiary/aromatic N) is 3. The van der Waals surface area contributed by atoms with Crippen LogP contribution in [0.4, 0.5) is 5.82 Å². The van der Waals surface area contributed by atoms with Crippen molar-refractivity contribution in [1.29, 1.82) is 0 Å². The second-order valence-electron chi connectivity index (χ2n) is 3.82. The second-order valence-corrected chi connectivity index (χ2v) is 4.52. The number of anilines is 1. The van der Waals surface area contributed by atoms with Gasteiger partial charge in [0.2, 0.25) is 0 Å². The third-order valence-electron chi connectivity index (χ3n) is 2.68. The first kappa shape index (κ1) is 11.0. The fourth-order valence-electron chi connectivity index (χ4n) is 1.88. The van der Waals surface area contributed by atoms with E-state index in [4.69, 9.17) is 23.2 Å². The Morgan fingerprint density at radius 3 is 2.93 bits per heavy atom. The molecule has 0 aliphatic carbocycles. The Kier molecular flexibility index (Phi) is 3.65. The zero-order chi connectivity index (χ0) is 10.7. The first-order valence-electron chi connectivity index (χ1n) is 5.09. The van der Waals surface area contributed by atoms with Gasteiger partial charge < -0.3 is 4.90 Å². The molecular formula is C10H13Cl2N3. The van der Waals surface area contributed by atoms with E-state index in [9.17, 15) is 0 Å². The Hall–Kier alpha value is -0.540. The van der Waals surface area contributed by atoms with Crippen LogP contribution in [0, 0.1) is 5.92 Å². The van der Waals surface area contributed by atoms with Crippen LogP contribution in [0.3, 0.4) is 0 Å². The molecule has 0 aromatic carbocycles. The molecule has 0 radical (unpaired) electrons. The lowest BCUT2D eigenvalue weighted by atomic mass is 10.0. The highest BCUT2D eigenvalue weighted by molar-refractivity contribution is 6.29. The maximum Gasteiger partial charge on any atom is 0.151 e. The third-order valence-corrected chi connectivity index (χ3v) is 3.32. The molecule has 1 saturated heterocycles. The van der Waals surface area contributed by atoms with Crippen molar-refractivity contribution in [2.45, 2.75) is 12.8 Å². The van der Waals surface area contributed by atoms with Crippen LogP contribution in [-0.2, 0) is 0 Å². The van der Waals surface area contributed by atoms with Crippen LogP contribution in [0.5, 0.6) is 0 Å². The fourth-order valence-corrected chi connectivity index (χ4v) is 2.23. The molecule has 1 aromatic rings. The van der Waals surface area contributed by atoms with Gasteiger partial charge >= 0.3 is 0 Å². The number of piperidine rings is 1. The number of rotatable bonds is 2. The van der Waals surface area contributed by atoms with Gasteiger partial charge in [0, 0.05) is 19.0 Å². The summed E-state index contributed by atoms with van der Waals surface area (Å²) in [5.74, 6) is 2.18. The summed E-state index contributed by atoms with van der Waals surface area (Å²) < 4.78 is 0. The van der Waals surface area contributed by atoms with Gasteiger partial charge in [-0.1, -0.05) is 11.6 Å². The van der Waals surface area contributed by atoms with Gasteiger partial charge in [-0.2, -0.15) is 0 Å². The van der Waals surface area contributed by atoms with Crippen LogP contribution in [-0.4, -0.2) is 29.2 Å². The molecule has 1 aromatic heterocycles. The zero-order valence-electron chi connectivity index (χ0n) is 8.37. The van der Waals surface area contributed by atoms with E-state index >= 15 is 0 Å². The predicted molar refractivity (Wildman–Crippen MR) is 62.7 cm³/mol. The minimum Gasteiger partial charge on any atom is -0.355 e. The number of aromatic nitrogens is 2. The molecule has 0 saturated carbocycles. The summed E-state index contributed by atoms with van der Waals surface area (Å²) in [5.41, 5.74) is 0. The molecule has 1 aliphatic heterocycles. The van der Waals surface area contributed by atoms with Gasteiger partial charge in [-0.3, -0.25) is 0 Å². The van der Waals surface area contributed by atoms with E-state index in [2.05, 4.69) is 15.1 Å². The van der Waals surface area contributed by atoms with E-state index in [-0.39, 0.29) is 0 Å². The van der Waals surface area contributed by atoms with E-state index in [1.54, 1.807) is 6.07 Å². The van der Waals surface area contributed by atoms with Crippen molar-refractivity contribution in [3.8, 4) is 0 Å². The maximum atomic E-state index is 5.87. The Morgan fingerprint density at radius 1 is 1.40 bits per heavy atom. The Balaban J connectivity index is 2.06. The Bertz CT molecular complexity index is 315. The fraction of sp³-hybridized carbons (Fsp3) is 0.600. The number of hydrogen-bond donors (Lipinski definition) is 0. The Labute approximate surface area is 99.4 Å². The molecule has 0 unspecified atom stereocenters. The Morgan fingerprint density at radius 2 is 2.27 bits per heavy atom. The highest BCUT2D eigenvalue weighted by Gasteiger charge is 2.20. The lowest BCUT2D eigenvalue weighted by molar-refractivity contribution is 0.448. The van der Waals surface area contributed by atoms with Gasteiger partial charge in [-0.25, -0.2) is 0 Å².